The van der Waals surface area contributed by atoms with Gasteiger partial charge in [0.25, 0.3) is 0 Å². The molecule has 0 radical (unpaired) electrons. The zero-order valence-corrected chi connectivity index (χ0v) is 13.2. The van der Waals surface area contributed by atoms with E-state index in [-0.39, 0.29) is 5.54 Å². The lowest BCUT2D eigenvalue weighted by Gasteiger charge is -2.65. The fraction of sp³-hybridized carbons (Fsp3) is 0.684. The molecule has 2 nitrogen and oxygen atoms in total. The summed E-state index contributed by atoms with van der Waals surface area (Å²) in [6.07, 6.45) is 6.15. The number of hydrogen-bond acceptors (Lipinski definition) is 2. The molecule has 2 saturated heterocycles. The van der Waals surface area contributed by atoms with Gasteiger partial charge in [-0.15, -0.1) is 0 Å². The second kappa shape index (κ2) is 4.82. The second-order valence-electron chi connectivity index (χ2n) is 8.03. The summed E-state index contributed by atoms with van der Waals surface area (Å²) in [6.45, 7) is 4.59. The van der Waals surface area contributed by atoms with Crippen LogP contribution in [0.3, 0.4) is 0 Å². The Morgan fingerprint density at radius 2 is 1.95 bits per heavy atom. The molecule has 0 aromatic heterocycles. The van der Waals surface area contributed by atoms with Crippen molar-refractivity contribution < 1.29 is 5.21 Å². The summed E-state index contributed by atoms with van der Waals surface area (Å²) >= 11 is 0. The van der Waals surface area contributed by atoms with Crippen LogP contribution in [0.25, 0.3) is 0 Å². The van der Waals surface area contributed by atoms with Gasteiger partial charge in [0.1, 0.15) is 0 Å². The molecule has 4 bridgehead atoms. The van der Waals surface area contributed by atoms with Crippen LogP contribution in [-0.2, 0) is 6.42 Å². The summed E-state index contributed by atoms with van der Waals surface area (Å²) in [5.41, 5.74) is 1.51. The van der Waals surface area contributed by atoms with Gasteiger partial charge < -0.3 is 5.21 Å². The van der Waals surface area contributed by atoms with Crippen molar-refractivity contribution in [2.75, 3.05) is 0 Å². The molecule has 5 rings (SSSR count). The minimum absolute atomic E-state index is 0.0731. The topological polar surface area (TPSA) is 23.5 Å². The van der Waals surface area contributed by atoms with Gasteiger partial charge in [-0.2, -0.15) is 5.06 Å². The molecule has 0 spiro atoms. The third kappa shape index (κ3) is 1.99. The molecule has 1 N–H and O–H groups in total. The van der Waals surface area contributed by atoms with Gasteiger partial charge in [0, 0.05) is 11.6 Å². The molecular formula is C19H27NO. The summed E-state index contributed by atoms with van der Waals surface area (Å²) < 4.78 is 0. The van der Waals surface area contributed by atoms with Crippen molar-refractivity contribution in [1.82, 2.24) is 5.06 Å². The van der Waals surface area contributed by atoms with Crippen LogP contribution < -0.4 is 0 Å². The average Bonchev–Trinajstić information content (AvgIpc) is 2.48. The largest absolute Gasteiger partial charge is 0.313 e. The maximum atomic E-state index is 10.9. The number of hydroxylamine groups is 2. The number of nitrogens with zero attached hydrogens (tertiary/aromatic N) is 1. The fourth-order valence-corrected chi connectivity index (χ4v) is 5.69. The van der Waals surface area contributed by atoms with Gasteiger partial charge in [0.2, 0.25) is 0 Å². The molecule has 2 heterocycles. The van der Waals surface area contributed by atoms with Crippen molar-refractivity contribution in [2.45, 2.75) is 57.5 Å². The molecule has 2 heteroatoms. The zero-order chi connectivity index (χ0) is 14.6. The first kappa shape index (κ1) is 13.8. The van der Waals surface area contributed by atoms with Crippen molar-refractivity contribution in [3.63, 3.8) is 0 Å². The highest BCUT2D eigenvalue weighted by molar-refractivity contribution is 5.19. The maximum absolute atomic E-state index is 10.9. The van der Waals surface area contributed by atoms with Gasteiger partial charge in [-0.1, -0.05) is 44.2 Å². The van der Waals surface area contributed by atoms with E-state index < -0.39 is 0 Å². The molecule has 2 saturated carbocycles. The third-order valence-electron chi connectivity index (χ3n) is 6.73. The molecule has 0 amide bonds. The van der Waals surface area contributed by atoms with Crippen LogP contribution in [0.1, 0.15) is 45.1 Å². The number of hydrogen-bond donors (Lipinski definition) is 1. The Kier molecular flexibility index (Phi) is 3.16. The first-order valence-electron chi connectivity index (χ1n) is 8.62. The smallest absolute Gasteiger partial charge is 0.0492 e. The van der Waals surface area contributed by atoms with E-state index >= 15 is 0 Å². The Morgan fingerprint density at radius 3 is 2.67 bits per heavy atom. The molecule has 21 heavy (non-hydrogen) atoms. The minimum atomic E-state index is 0.0731. The Morgan fingerprint density at radius 1 is 1.19 bits per heavy atom. The lowest BCUT2D eigenvalue weighted by atomic mass is 9.51. The van der Waals surface area contributed by atoms with Crippen LogP contribution in [-0.4, -0.2) is 21.9 Å². The number of rotatable bonds is 3. The van der Waals surface area contributed by atoms with Crippen LogP contribution in [0.2, 0.25) is 0 Å². The quantitative estimate of drug-likeness (QED) is 0.902. The van der Waals surface area contributed by atoms with Crippen molar-refractivity contribution >= 4 is 0 Å². The van der Waals surface area contributed by atoms with E-state index in [2.05, 4.69) is 44.2 Å². The molecule has 2 aliphatic heterocycles. The van der Waals surface area contributed by atoms with Crippen LogP contribution in [0.4, 0.5) is 0 Å². The Hall–Kier alpha value is -0.860. The first-order valence-corrected chi connectivity index (χ1v) is 8.62. The zero-order valence-electron chi connectivity index (χ0n) is 13.2. The molecule has 1 aromatic carbocycles. The monoisotopic (exact) mass is 285 g/mol. The predicted octanol–water partition coefficient (Wildman–Crippen LogP) is 4.13. The Bertz CT molecular complexity index is 514. The molecular weight excluding hydrogens is 258 g/mol. The van der Waals surface area contributed by atoms with Crippen LogP contribution in [0, 0.1) is 23.7 Å². The lowest BCUT2D eigenvalue weighted by Crippen LogP contribution is -2.70. The standard InChI is InChI=1S/C19H27NO/c1-13(2)19-11-15-8-16(12-19)17(18(10-15)20(19)21)9-14-6-4-3-5-7-14/h3-7,13,15-18,21H,8-12H2,1-2H3/t15-,16-,17+,18-,19+/m1/s1. The van der Waals surface area contributed by atoms with E-state index in [9.17, 15) is 5.21 Å². The normalized spacial score (nSPS) is 41.9. The summed E-state index contributed by atoms with van der Waals surface area (Å²) in [4.78, 5) is 0. The molecule has 1 aromatic rings. The predicted molar refractivity (Wildman–Crippen MR) is 84.1 cm³/mol. The summed E-state index contributed by atoms with van der Waals surface area (Å²) in [5, 5.41) is 12.7. The minimum Gasteiger partial charge on any atom is -0.313 e. The molecule has 4 aliphatic rings. The lowest BCUT2D eigenvalue weighted by molar-refractivity contribution is -0.305. The first-order chi connectivity index (χ1) is 10.1. The molecule has 4 fully saturated rings. The highest BCUT2D eigenvalue weighted by Crippen LogP contribution is 2.59. The van der Waals surface area contributed by atoms with E-state index in [0.717, 1.165) is 18.3 Å². The second-order valence-corrected chi connectivity index (χ2v) is 8.03. The van der Waals surface area contributed by atoms with Crippen LogP contribution >= 0.6 is 0 Å². The maximum Gasteiger partial charge on any atom is 0.0492 e. The van der Waals surface area contributed by atoms with Crippen LogP contribution in [0.15, 0.2) is 30.3 Å². The molecule has 5 atom stereocenters. The highest BCUT2D eigenvalue weighted by Gasteiger charge is 2.60. The van der Waals surface area contributed by atoms with E-state index in [1.165, 1.54) is 31.2 Å². The van der Waals surface area contributed by atoms with E-state index in [0.29, 0.717) is 17.9 Å². The van der Waals surface area contributed by atoms with Crippen molar-refractivity contribution in [3.05, 3.63) is 35.9 Å². The summed E-state index contributed by atoms with van der Waals surface area (Å²) in [5.74, 6) is 2.86. The molecule has 2 aliphatic carbocycles. The van der Waals surface area contributed by atoms with Crippen molar-refractivity contribution in [3.8, 4) is 0 Å². The molecule has 114 valence electrons. The number of benzene rings is 1. The van der Waals surface area contributed by atoms with Gasteiger partial charge in [-0.25, -0.2) is 0 Å². The van der Waals surface area contributed by atoms with Crippen molar-refractivity contribution in [1.29, 1.82) is 0 Å². The van der Waals surface area contributed by atoms with Crippen molar-refractivity contribution in [2.24, 2.45) is 23.7 Å². The Balaban J connectivity index is 1.62. The van der Waals surface area contributed by atoms with Gasteiger partial charge in [0.15, 0.2) is 0 Å². The average molecular weight is 285 g/mol. The van der Waals surface area contributed by atoms with Gasteiger partial charge in [-0.05, 0) is 61.3 Å². The SMILES string of the molecule is CC(C)[C@]12C[C@@H]3C[C@H](C1)[C@H](Cc1ccccc1)[C@@H](C3)N2O. The fourth-order valence-electron chi connectivity index (χ4n) is 5.69. The van der Waals surface area contributed by atoms with E-state index in [4.69, 9.17) is 0 Å². The van der Waals surface area contributed by atoms with Gasteiger partial charge in [0.05, 0.1) is 0 Å². The highest BCUT2D eigenvalue weighted by atomic mass is 16.5. The van der Waals surface area contributed by atoms with Gasteiger partial charge in [-0.3, -0.25) is 0 Å². The summed E-state index contributed by atoms with van der Waals surface area (Å²) in [7, 11) is 0. The van der Waals surface area contributed by atoms with E-state index in [1.807, 2.05) is 5.06 Å². The van der Waals surface area contributed by atoms with Crippen LogP contribution in [0.5, 0.6) is 0 Å². The third-order valence-corrected chi connectivity index (χ3v) is 6.73. The number of piperidine rings is 2. The summed E-state index contributed by atoms with van der Waals surface area (Å²) in [6, 6.07) is 11.2. The molecule has 0 unspecified atom stereocenters. The van der Waals surface area contributed by atoms with E-state index in [1.54, 1.807) is 0 Å². The van der Waals surface area contributed by atoms with Gasteiger partial charge >= 0.3 is 0 Å². The Labute approximate surface area is 128 Å².